The van der Waals surface area contributed by atoms with E-state index in [-0.39, 0.29) is 12.0 Å². The minimum atomic E-state index is -3.01. The maximum Gasteiger partial charge on any atom is 0.339 e. The van der Waals surface area contributed by atoms with Gasteiger partial charge in [-0.3, -0.25) is 0 Å². The van der Waals surface area contributed by atoms with Crippen LogP contribution in [0.15, 0.2) is 24.3 Å². The van der Waals surface area contributed by atoms with Crippen molar-refractivity contribution >= 4 is 5.97 Å². The van der Waals surface area contributed by atoms with Crippen LogP contribution in [0.1, 0.15) is 42.1 Å². The normalized spacial score (nSPS) is 33.3. The minimum absolute atomic E-state index is 0.201. The van der Waals surface area contributed by atoms with Crippen molar-refractivity contribution < 1.29 is 18.3 Å². The number of carbonyl (C=O) groups is 1. The van der Waals surface area contributed by atoms with Gasteiger partial charge < -0.3 is 4.74 Å². The molecule has 1 fully saturated rings. The third-order valence-corrected chi connectivity index (χ3v) is 4.17. The molecule has 0 bridgehead atoms. The topological polar surface area (TPSA) is 26.3 Å². The number of hydrogen-bond acceptors (Lipinski definition) is 2. The Bertz CT molecular complexity index is 512. The Morgan fingerprint density at radius 2 is 2.06 bits per heavy atom. The molecule has 2 unspecified atom stereocenters. The molecule has 1 aliphatic heterocycles. The molecule has 1 spiro atoms. The highest BCUT2D eigenvalue weighted by atomic mass is 19.3. The summed E-state index contributed by atoms with van der Waals surface area (Å²) in [6, 6.07) is 6.50. The predicted molar refractivity (Wildman–Crippen MR) is 61.5 cm³/mol. The van der Waals surface area contributed by atoms with Gasteiger partial charge in [0, 0.05) is 11.5 Å². The Morgan fingerprint density at radius 1 is 1.33 bits per heavy atom. The molecule has 1 saturated carbocycles. The van der Waals surface area contributed by atoms with Gasteiger partial charge in [-0.2, -0.15) is 0 Å². The van der Waals surface area contributed by atoms with Gasteiger partial charge in [-0.1, -0.05) is 25.1 Å². The summed E-state index contributed by atoms with van der Waals surface area (Å²) in [4.78, 5) is 11.8. The van der Waals surface area contributed by atoms with Crippen LogP contribution in [-0.2, 0) is 10.3 Å². The molecule has 0 aromatic heterocycles. The SMILES string of the molecule is CC1CCCC2(OC(=O)c3ccccc32)C1(F)F. The monoisotopic (exact) mass is 252 g/mol. The molecular weight excluding hydrogens is 238 g/mol. The maximum absolute atomic E-state index is 14.5. The molecule has 0 amide bonds. The molecule has 18 heavy (non-hydrogen) atoms. The summed E-state index contributed by atoms with van der Waals surface area (Å²) in [7, 11) is 0. The second kappa shape index (κ2) is 3.53. The molecule has 1 aromatic rings. The number of halogens is 2. The van der Waals surface area contributed by atoms with E-state index in [2.05, 4.69) is 0 Å². The average molecular weight is 252 g/mol. The molecule has 2 aliphatic rings. The first-order chi connectivity index (χ1) is 8.49. The number of rotatable bonds is 0. The lowest BCUT2D eigenvalue weighted by Crippen LogP contribution is -2.52. The van der Waals surface area contributed by atoms with Gasteiger partial charge in [0.2, 0.25) is 5.60 Å². The van der Waals surface area contributed by atoms with Crippen molar-refractivity contribution in [2.24, 2.45) is 5.92 Å². The van der Waals surface area contributed by atoms with Crippen LogP contribution in [0.5, 0.6) is 0 Å². The van der Waals surface area contributed by atoms with Gasteiger partial charge in [-0.15, -0.1) is 0 Å². The fourth-order valence-electron chi connectivity index (χ4n) is 3.12. The van der Waals surface area contributed by atoms with Crippen molar-refractivity contribution in [1.29, 1.82) is 0 Å². The summed E-state index contributed by atoms with van der Waals surface area (Å²) in [5, 5.41) is 0. The summed E-state index contributed by atoms with van der Waals surface area (Å²) in [5.74, 6) is -4.40. The van der Waals surface area contributed by atoms with E-state index in [0.717, 1.165) is 0 Å². The van der Waals surface area contributed by atoms with Crippen LogP contribution in [0, 0.1) is 5.92 Å². The Kier molecular flexibility index (Phi) is 2.28. The Morgan fingerprint density at radius 3 is 2.83 bits per heavy atom. The molecule has 1 aliphatic carbocycles. The summed E-state index contributed by atoms with van der Waals surface area (Å²) in [5.41, 5.74) is -1.10. The average Bonchev–Trinajstić information content (AvgIpc) is 2.63. The van der Waals surface area contributed by atoms with Gasteiger partial charge in [0.05, 0.1) is 5.56 Å². The van der Waals surface area contributed by atoms with Crippen LogP contribution >= 0.6 is 0 Å². The van der Waals surface area contributed by atoms with E-state index in [0.29, 0.717) is 18.4 Å². The third-order valence-electron chi connectivity index (χ3n) is 4.17. The molecular formula is C14H14F2O2. The van der Waals surface area contributed by atoms with E-state index < -0.39 is 23.4 Å². The molecule has 2 atom stereocenters. The molecule has 2 nitrogen and oxygen atoms in total. The van der Waals surface area contributed by atoms with E-state index in [1.807, 2.05) is 0 Å². The van der Waals surface area contributed by atoms with Crippen molar-refractivity contribution in [3.63, 3.8) is 0 Å². The molecule has 0 saturated heterocycles. The summed E-state index contributed by atoms with van der Waals surface area (Å²) < 4.78 is 34.2. The van der Waals surface area contributed by atoms with Crippen molar-refractivity contribution in [3.05, 3.63) is 35.4 Å². The Hall–Kier alpha value is -1.45. The zero-order valence-electron chi connectivity index (χ0n) is 10.1. The van der Waals surface area contributed by atoms with Crippen molar-refractivity contribution in [3.8, 4) is 0 Å². The fourth-order valence-corrected chi connectivity index (χ4v) is 3.12. The fraction of sp³-hybridized carbons (Fsp3) is 0.500. The lowest BCUT2D eigenvalue weighted by atomic mass is 9.71. The number of hydrogen-bond donors (Lipinski definition) is 0. The van der Waals surface area contributed by atoms with Gasteiger partial charge in [0.25, 0.3) is 5.92 Å². The van der Waals surface area contributed by atoms with E-state index >= 15 is 0 Å². The zero-order valence-corrected chi connectivity index (χ0v) is 10.1. The first-order valence-electron chi connectivity index (χ1n) is 6.20. The summed E-state index contributed by atoms with van der Waals surface area (Å²) in [6.07, 6.45) is 1.32. The summed E-state index contributed by atoms with van der Waals surface area (Å²) in [6.45, 7) is 1.52. The first-order valence-corrected chi connectivity index (χ1v) is 6.20. The summed E-state index contributed by atoms with van der Waals surface area (Å²) >= 11 is 0. The van der Waals surface area contributed by atoms with E-state index in [1.165, 1.54) is 6.92 Å². The molecule has 4 heteroatoms. The Labute approximate surface area is 104 Å². The van der Waals surface area contributed by atoms with Gasteiger partial charge in [0.15, 0.2) is 0 Å². The smallest absolute Gasteiger partial charge is 0.339 e. The number of fused-ring (bicyclic) bond motifs is 2. The minimum Gasteiger partial charge on any atom is -0.444 e. The molecule has 96 valence electrons. The molecule has 3 rings (SSSR count). The highest BCUT2D eigenvalue weighted by Gasteiger charge is 2.65. The van der Waals surface area contributed by atoms with Crippen molar-refractivity contribution in [2.75, 3.05) is 0 Å². The first kappa shape index (κ1) is 11.6. The largest absolute Gasteiger partial charge is 0.444 e. The van der Waals surface area contributed by atoms with E-state index in [1.54, 1.807) is 24.3 Å². The quantitative estimate of drug-likeness (QED) is 0.660. The molecule has 1 aromatic carbocycles. The van der Waals surface area contributed by atoms with Crippen LogP contribution in [0.2, 0.25) is 0 Å². The molecule has 1 heterocycles. The standard InChI is InChI=1S/C14H14F2O2/c1-9-5-4-8-13(14(9,15)16)11-7-3-2-6-10(11)12(17)18-13/h2-3,6-7,9H,4-5,8H2,1H3. The number of ether oxygens (including phenoxy) is 1. The lowest BCUT2D eigenvalue weighted by molar-refractivity contribution is -0.228. The van der Waals surface area contributed by atoms with Crippen LogP contribution < -0.4 is 0 Å². The Balaban J connectivity index is 2.20. The number of esters is 1. The van der Waals surface area contributed by atoms with Gasteiger partial charge in [-0.05, 0) is 25.3 Å². The van der Waals surface area contributed by atoms with Crippen LogP contribution in [0.4, 0.5) is 8.78 Å². The molecule has 0 radical (unpaired) electrons. The van der Waals surface area contributed by atoms with Gasteiger partial charge >= 0.3 is 5.97 Å². The predicted octanol–water partition coefficient (Wildman–Crippen LogP) is 3.51. The van der Waals surface area contributed by atoms with Crippen LogP contribution in [-0.4, -0.2) is 11.9 Å². The number of carbonyl (C=O) groups excluding carboxylic acids is 1. The second-order valence-electron chi connectivity index (χ2n) is 5.18. The highest BCUT2D eigenvalue weighted by Crippen LogP contribution is 2.56. The maximum atomic E-state index is 14.5. The van der Waals surface area contributed by atoms with Gasteiger partial charge in [0.1, 0.15) is 0 Å². The number of benzene rings is 1. The lowest BCUT2D eigenvalue weighted by Gasteiger charge is -2.43. The van der Waals surface area contributed by atoms with E-state index in [4.69, 9.17) is 4.74 Å². The van der Waals surface area contributed by atoms with Crippen LogP contribution in [0.25, 0.3) is 0 Å². The molecule has 0 N–H and O–H groups in total. The van der Waals surface area contributed by atoms with Crippen molar-refractivity contribution in [1.82, 2.24) is 0 Å². The third kappa shape index (κ3) is 1.23. The second-order valence-corrected chi connectivity index (χ2v) is 5.18. The van der Waals surface area contributed by atoms with Gasteiger partial charge in [-0.25, -0.2) is 13.6 Å². The van der Waals surface area contributed by atoms with Crippen molar-refractivity contribution in [2.45, 2.75) is 37.7 Å². The zero-order chi connectivity index (χ0) is 13.0. The van der Waals surface area contributed by atoms with Crippen LogP contribution in [0.3, 0.4) is 0 Å². The van der Waals surface area contributed by atoms with E-state index in [9.17, 15) is 13.6 Å². The number of alkyl halides is 2. The highest BCUT2D eigenvalue weighted by molar-refractivity contribution is 5.95.